The van der Waals surface area contributed by atoms with Crippen LogP contribution in [0, 0.1) is 11.3 Å². The van der Waals surface area contributed by atoms with E-state index in [1.54, 1.807) is 11.3 Å². The van der Waals surface area contributed by atoms with Gasteiger partial charge in [-0.05, 0) is 44.2 Å². The van der Waals surface area contributed by atoms with Crippen LogP contribution in [0.5, 0.6) is 0 Å². The number of nitrogens with one attached hydrogen (secondary N) is 1. The molecule has 3 N–H and O–H groups in total. The number of aryl methyl sites for hydroxylation is 1. The number of nitriles is 1. The Morgan fingerprint density at radius 3 is 2.92 bits per heavy atom. The molecule has 0 radical (unpaired) electrons. The molecule has 2 aromatic rings. The predicted octanol–water partition coefficient (Wildman–Crippen LogP) is 3.81. The summed E-state index contributed by atoms with van der Waals surface area (Å²) in [5.74, 6) is -0.0392. The van der Waals surface area contributed by atoms with Gasteiger partial charge in [0.1, 0.15) is 17.1 Å². The van der Waals surface area contributed by atoms with Crippen LogP contribution in [0.25, 0.3) is 0 Å². The predicted molar refractivity (Wildman–Crippen MR) is 106 cm³/mol. The Morgan fingerprint density at radius 1 is 1.38 bits per heavy atom. The Bertz CT molecular complexity index is 840. The normalized spacial score (nSPS) is 14.3. The average Bonchev–Trinajstić information content (AvgIpc) is 2.98. The van der Waals surface area contributed by atoms with Gasteiger partial charge in [0.25, 0.3) is 0 Å². The third-order valence-corrected chi connectivity index (χ3v) is 6.37. The van der Waals surface area contributed by atoms with Crippen LogP contribution in [0.2, 0.25) is 5.02 Å². The average molecular weight is 389 g/mol. The Labute approximate surface area is 163 Å². The van der Waals surface area contributed by atoms with Crippen LogP contribution in [-0.4, -0.2) is 12.5 Å². The van der Waals surface area contributed by atoms with Crippen LogP contribution >= 0.6 is 22.9 Å². The van der Waals surface area contributed by atoms with E-state index in [9.17, 15) is 10.1 Å². The van der Waals surface area contributed by atoms with E-state index in [0.717, 1.165) is 40.4 Å². The van der Waals surface area contributed by atoms with Crippen molar-refractivity contribution in [2.75, 3.05) is 11.9 Å². The molecular weight excluding hydrogens is 366 g/mol. The summed E-state index contributed by atoms with van der Waals surface area (Å²) in [5.41, 5.74) is 2.90. The second-order valence-electron chi connectivity index (χ2n) is 6.66. The maximum absolute atomic E-state index is 12.3. The maximum Gasteiger partial charge on any atom is 0.230 e. The second-order valence-corrected chi connectivity index (χ2v) is 8.17. The lowest BCUT2D eigenvalue weighted by Crippen LogP contribution is -2.85. The Kier molecular flexibility index (Phi) is 6.31. The molecule has 0 aliphatic heterocycles. The molecule has 0 unspecified atom stereocenters. The molecule has 0 spiro atoms. The van der Waals surface area contributed by atoms with E-state index in [1.807, 2.05) is 24.3 Å². The molecule has 1 aromatic heterocycles. The first-order valence-electron chi connectivity index (χ1n) is 9.02. The molecule has 26 heavy (non-hydrogen) atoms. The zero-order valence-electron chi connectivity index (χ0n) is 14.8. The van der Waals surface area contributed by atoms with Crippen molar-refractivity contribution in [3.8, 4) is 6.07 Å². The van der Waals surface area contributed by atoms with Gasteiger partial charge in [0.05, 0.1) is 18.5 Å². The number of amides is 1. The molecule has 3 rings (SSSR count). The highest BCUT2D eigenvalue weighted by Gasteiger charge is 2.22. The fourth-order valence-corrected chi connectivity index (χ4v) is 4.96. The summed E-state index contributed by atoms with van der Waals surface area (Å²) in [4.78, 5) is 13.6. The zero-order valence-corrected chi connectivity index (χ0v) is 16.4. The van der Waals surface area contributed by atoms with Gasteiger partial charge in [-0.3, -0.25) is 4.79 Å². The summed E-state index contributed by atoms with van der Waals surface area (Å²) in [5, 5.41) is 16.0. The summed E-state index contributed by atoms with van der Waals surface area (Å²) in [6, 6.07) is 10.3. The molecule has 6 heteroatoms. The SMILES string of the molecule is C[C@H]([NH2+]CCC(=O)Nc1sc2c(c1C#N)CCCC2)c1ccccc1Cl. The Hall–Kier alpha value is -1.87. The number of rotatable bonds is 6. The number of quaternary nitrogens is 1. The number of nitrogens with two attached hydrogens (primary N) is 1. The molecule has 0 saturated carbocycles. The van der Waals surface area contributed by atoms with Gasteiger partial charge in [0.15, 0.2) is 0 Å². The fourth-order valence-electron chi connectivity index (χ4n) is 3.40. The van der Waals surface area contributed by atoms with Gasteiger partial charge in [-0.15, -0.1) is 11.3 Å². The number of hydrogen-bond acceptors (Lipinski definition) is 3. The third-order valence-electron chi connectivity index (χ3n) is 4.82. The molecule has 1 atom stereocenters. The molecule has 1 aliphatic rings. The summed E-state index contributed by atoms with van der Waals surface area (Å²) < 4.78 is 0. The summed E-state index contributed by atoms with van der Waals surface area (Å²) >= 11 is 7.79. The third kappa shape index (κ3) is 4.27. The van der Waals surface area contributed by atoms with E-state index in [-0.39, 0.29) is 11.9 Å². The lowest BCUT2D eigenvalue weighted by Gasteiger charge is -2.12. The maximum atomic E-state index is 12.3. The van der Waals surface area contributed by atoms with E-state index < -0.39 is 0 Å². The summed E-state index contributed by atoms with van der Waals surface area (Å²) in [6.07, 6.45) is 4.67. The highest BCUT2D eigenvalue weighted by Crippen LogP contribution is 2.37. The van der Waals surface area contributed by atoms with Crippen molar-refractivity contribution in [1.82, 2.24) is 0 Å². The number of benzene rings is 1. The van der Waals surface area contributed by atoms with Crippen LogP contribution in [0.15, 0.2) is 24.3 Å². The highest BCUT2D eigenvalue weighted by molar-refractivity contribution is 7.16. The molecule has 0 saturated heterocycles. The Morgan fingerprint density at radius 2 is 2.15 bits per heavy atom. The smallest absolute Gasteiger partial charge is 0.230 e. The standard InChI is InChI=1S/C20H22ClN3OS/c1-13(14-6-2-4-8-17(14)21)23-11-10-19(25)24-20-16(12-22)15-7-3-5-9-18(15)26-20/h2,4,6,8,13,23H,3,5,7,9-11H2,1H3,(H,24,25)/p+1/t13-/m0/s1. The van der Waals surface area contributed by atoms with Crippen LogP contribution in [-0.2, 0) is 17.6 Å². The molecule has 136 valence electrons. The molecule has 1 aromatic carbocycles. The molecule has 4 nitrogen and oxygen atoms in total. The number of fused-ring (bicyclic) bond motifs is 1. The molecule has 0 bridgehead atoms. The van der Waals surface area contributed by atoms with Crippen molar-refractivity contribution in [2.24, 2.45) is 0 Å². The van der Waals surface area contributed by atoms with Gasteiger partial charge in [-0.2, -0.15) is 5.26 Å². The van der Waals surface area contributed by atoms with E-state index in [2.05, 4.69) is 23.6 Å². The molecule has 0 fully saturated rings. The van der Waals surface area contributed by atoms with Crippen LogP contribution < -0.4 is 10.6 Å². The van der Waals surface area contributed by atoms with Crippen molar-refractivity contribution in [1.29, 1.82) is 5.26 Å². The van der Waals surface area contributed by atoms with Crippen molar-refractivity contribution in [2.45, 2.75) is 45.1 Å². The van der Waals surface area contributed by atoms with E-state index in [4.69, 9.17) is 11.6 Å². The number of nitrogens with zero attached hydrogens (tertiary/aromatic N) is 1. The summed E-state index contributed by atoms with van der Waals surface area (Å²) in [7, 11) is 0. The van der Waals surface area contributed by atoms with Gasteiger partial charge in [-0.1, -0.05) is 29.8 Å². The van der Waals surface area contributed by atoms with Gasteiger partial charge >= 0.3 is 0 Å². The molecule has 1 amide bonds. The largest absolute Gasteiger partial charge is 0.340 e. The van der Waals surface area contributed by atoms with Gasteiger partial charge in [0, 0.05) is 15.5 Å². The van der Waals surface area contributed by atoms with Crippen LogP contribution in [0.1, 0.15) is 53.8 Å². The van der Waals surface area contributed by atoms with Gasteiger partial charge < -0.3 is 10.6 Å². The minimum absolute atomic E-state index is 0.0392. The lowest BCUT2D eigenvalue weighted by atomic mass is 9.96. The Balaban J connectivity index is 1.54. The summed E-state index contributed by atoms with van der Waals surface area (Å²) in [6.45, 7) is 2.76. The number of hydrogen-bond donors (Lipinski definition) is 2. The lowest BCUT2D eigenvalue weighted by molar-refractivity contribution is -0.691. The zero-order chi connectivity index (χ0) is 18.5. The fraction of sp³-hybridized carbons (Fsp3) is 0.400. The van der Waals surface area contributed by atoms with Crippen molar-refractivity contribution < 1.29 is 10.1 Å². The number of carbonyl (C=O) groups is 1. The van der Waals surface area contributed by atoms with Gasteiger partial charge in [0.2, 0.25) is 5.91 Å². The first-order valence-corrected chi connectivity index (χ1v) is 10.2. The van der Waals surface area contributed by atoms with Crippen molar-refractivity contribution >= 4 is 33.8 Å². The second kappa shape index (κ2) is 8.68. The topological polar surface area (TPSA) is 69.5 Å². The molecular formula is C20H23ClN3OS+. The van der Waals surface area contributed by atoms with Crippen molar-refractivity contribution in [3.05, 3.63) is 50.9 Å². The first kappa shape index (κ1) is 18.9. The molecule has 1 aliphatic carbocycles. The number of anilines is 1. The van der Waals surface area contributed by atoms with Crippen LogP contribution in [0.4, 0.5) is 5.00 Å². The monoisotopic (exact) mass is 388 g/mol. The number of halogens is 1. The highest BCUT2D eigenvalue weighted by atomic mass is 35.5. The van der Waals surface area contributed by atoms with Crippen LogP contribution in [0.3, 0.4) is 0 Å². The quantitative estimate of drug-likeness (QED) is 0.790. The number of thiophene rings is 1. The minimum Gasteiger partial charge on any atom is -0.340 e. The molecule has 1 heterocycles. The number of carbonyl (C=O) groups excluding carboxylic acids is 1. The van der Waals surface area contributed by atoms with E-state index in [1.165, 1.54) is 11.3 Å². The first-order chi connectivity index (χ1) is 12.6. The van der Waals surface area contributed by atoms with Gasteiger partial charge in [-0.25, -0.2) is 0 Å². The van der Waals surface area contributed by atoms with Crippen molar-refractivity contribution in [3.63, 3.8) is 0 Å². The van der Waals surface area contributed by atoms with E-state index >= 15 is 0 Å². The minimum atomic E-state index is -0.0392. The van der Waals surface area contributed by atoms with E-state index in [0.29, 0.717) is 18.5 Å².